The highest BCUT2D eigenvalue weighted by molar-refractivity contribution is 5.91. The molecule has 218 valence electrons. The van der Waals surface area contributed by atoms with Gasteiger partial charge in [-0.2, -0.15) is 13.2 Å². The molecule has 0 unspecified atom stereocenters. The number of anilines is 1. The number of nitrogens with one attached hydrogen (secondary N) is 1. The Labute approximate surface area is 240 Å². The Kier molecular flexibility index (Phi) is 7.55. The van der Waals surface area contributed by atoms with Crippen molar-refractivity contribution in [2.24, 2.45) is 0 Å². The third-order valence-corrected chi connectivity index (χ3v) is 8.40. The first-order chi connectivity index (χ1) is 20.2. The maximum absolute atomic E-state index is 14.9. The van der Waals surface area contributed by atoms with Crippen LogP contribution in [-0.2, 0) is 23.1 Å². The number of alkyl halides is 3. The summed E-state index contributed by atoms with van der Waals surface area (Å²) in [5.41, 5.74) is 1.82. The number of amides is 1. The highest BCUT2D eigenvalue weighted by Crippen LogP contribution is 2.59. The van der Waals surface area contributed by atoms with Crippen molar-refractivity contribution in [1.29, 1.82) is 0 Å². The van der Waals surface area contributed by atoms with Crippen LogP contribution in [0.2, 0.25) is 0 Å². The molecule has 6 rings (SSSR count). The lowest BCUT2D eigenvalue weighted by Gasteiger charge is -2.22. The van der Waals surface area contributed by atoms with E-state index in [0.717, 1.165) is 11.6 Å². The fourth-order valence-corrected chi connectivity index (χ4v) is 5.71. The molecule has 2 aliphatic rings. The van der Waals surface area contributed by atoms with Gasteiger partial charge in [0.05, 0.1) is 6.42 Å². The van der Waals surface area contributed by atoms with E-state index >= 15 is 0 Å². The first-order valence-electron chi connectivity index (χ1n) is 14.2. The molecule has 4 aromatic rings. The molecule has 0 bridgehead atoms. The summed E-state index contributed by atoms with van der Waals surface area (Å²) in [5.74, 6) is -0.372. The molecule has 2 aromatic heterocycles. The molecule has 1 amide bonds. The SMILES string of the molecule is O=C(Cc1ccc(-c2cnc(Cc3ccc(C4CCCCC4)cc3)nc2)cc1F)Nc1cc(C2(C(F)(F)F)CC2)on1. The number of carbonyl (C=O) groups is 1. The summed E-state index contributed by atoms with van der Waals surface area (Å²) in [5, 5.41) is 5.92. The van der Waals surface area contributed by atoms with E-state index in [-0.39, 0.29) is 36.4 Å². The zero-order valence-electron chi connectivity index (χ0n) is 22.9. The second kappa shape index (κ2) is 11.3. The van der Waals surface area contributed by atoms with E-state index in [1.807, 2.05) is 0 Å². The molecule has 0 aliphatic heterocycles. The average molecular weight is 579 g/mol. The Morgan fingerprint density at radius 3 is 2.31 bits per heavy atom. The smallest absolute Gasteiger partial charge is 0.358 e. The third kappa shape index (κ3) is 5.93. The molecule has 0 saturated heterocycles. The number of rotatable bonds is 8. The lowest BCUT2D eigenvalue weighted by atomic mass is 9.84. The van der Waals surface area contributed by atoms with Crippen LogP contribution in [-0.4, -0.2) is 27.2 Å². The standard InChI is InChI=1S/C32H30F4N4O2/c33-26-15-23(10-11-24(26)16-30(41)39-29-17-27(42-40-29)31(12-13-31)32(34,35)36)25-18-37-28(38-19-25)14-20-6-8-22(9-7-20)21-4-2-1-3-5-21/h6-11,15,17-19,21H,1-5,12-14,16H2,(H,39,40,41). The Balaban J connectivity index is 1.05. The van der Waals surface area contributed by atoms with Gasteiger partial charge in [-0.15, -0.1) is 0 Å². The Morgan fingerprint density at radius 2 is 1.67 bits per heavy atom. The third-order valence-electron chi connectivity index (χ3n) is 8.40. The van der Waals surface area contributed by atoms with Crippen LogP contribution in [0.3, 0.4) is 0 Å². The maximum atomic E-state index is 14.9. The quantitative estimate of drug-likeness (QED) is 0.217. The summed E-state index contributed by atoms with van der Waals surface area (Å²) in [7, 11) is 0. The predicted octanol–water partition coefficient (Wildman–Crippen LogP) is 7.68. The summed E-state index contributed by atoms with van der Waals surface area (Å²) in [4.78, 5) is 21.4. The van der Waals surface area contributed by atoms with Crippen LogP contribution >= 0.6 is 0 Å². The van der Waals surface area contributed by atoms with Crippen LogP contribution in [0.1, 0.15) is 79.1 Å². The molecular formula is C32H30F4N4O2. The van der Waals surface area contributed by atoms with E-state index in [0.29, 0.717) is 29.3 Å². The van der Waals surface area contributed by atoms with E-state index in [2.05, 4.69) is 44.7 Å². The number of benzene rings is 2. The minimum Gasteiger partial charge on any atom is -0.358 e. The maximum Gasteiger partial charge on any atom is 0.401 e. The molecule has 0 spiro atoms. The van der Waals surface area contributed by atoms with Crippen molar-refractivity contribution in [2.75, 3.05) is 5.32 Å². The van der Waals surface area contributed by atoms with Gasteiger partial charge in [0.1, 0.15) is 17.1 Å². The second-order valence-electron chi connectivity index (χ2n) is 11.3. The minimum absolute atomic E-state index is 0.0848. The summed E-state index contributed by atoms with van der Waals surface area (Å²) >= 11 is 0. The van der Waals surface area contributed by atoms with Crippen molar-refractivity contribution in [3.8, 4) is 11.1 Å². The molecule has 2 saturated carbocycles. The molecule has 0 radical (unpaired) electrons. The topological polar surface area (TPSA) is 80.9 Å². The molecule has 2 heterocycles. The lowest BCUT2D eigenvalue weighted by Crippen LogP contribution is -2.28. The molecule has 2 aliphatic carbocycles. The van der Waals surface area contributed by atoms with Gasteiger partial charge in [-0.3, -0.25) is 4.79 Å². The Morgan fingerprint density at radius 1 is 0.952 bits per heavy atom. The van der Waals surface area contributed by atoms with Gasteiger partial charge >= 0.3 is 6.18 Å². The lowest BCUT2D eigenvalue weighted by molar-refractivity contribution is -0.165. The van der Waals surface area contributed by atoms with Gasteiger partial charge in [0.2, 0.25) is 5.91 Å². The van der Waals surface area contributed by atoms with Crippen LogP contribution in [0.15, 0.2) is 65.4 Å². The van der Waals surface area contributed by atoms with Crippen LogP contribution in [0.5, 0.6) is 0 Å². The first-order valence-corrected chi connectivity index (χ1v) is 14.2. The zero-order valence-corrected chi connectivity index (χ0v) is 22.9. The summed E-state index contributed by atoms with van der Waals surface area (Å²) < 4.78 is 59.6. The summed E-state index contributed by atoms with van der Waals surface area (Å²) in [6.45, 7) is 0. The second-order valence-corrected chi connectivity index (χ2v) is 11.3. The molecule has 2 fully saturated rings. The summed E-state index contributed by atoms with van der Waals surface area (Å²) in [6, 6.07) is 14.2. The molecular weight excluding hydrogens is 548 g/mol. The number of hydrogen-bond donors (Lipinski definition) is 1. The monoisotopic (exact) mass is 578 g/mol. The predicted molar refractivity (Wildman–Crippen MR) is 148 cm³/mol. The average Bonchev–Trinajstić information content (AvgIpc) is 3.69. The highest BCUT2D eigenvalue weighted by atomic mass is 19.4. The van der Waals surface area contributed by atoms with Crippen LogP contribution in [0, 0.1) is 5.82 Å². The summed E-state index contributed by atoms with van der Waals surface area (Å²) in [6.07, 6.45) is 5.40. The van der Waals surface area contributed by atoms with Gasteiger partial charge in [-0.25, -0.2) is 14.4 Å². The molecule has 10 heteroatoms. The van der Waals surface area contributed by atoms with Crippen molar-refractivity contribution < 1.29 is 26.9 Å². The van der Waals surface area contributed by atoms with Crippen molar-refractivity contribution in [3.05, 3.63) is 95.0 Å². The number of nitrogens with zero attached hydrogens (tertiary/aromatic N) is 3. The van der Waals surface area contributed by atoms with Gasteiger partial charge in [0.25, 0.3) is 0 Å². The molecule has 2 aromatic carbocycles. The van der Waals surface area contributed by atoms with Crippen molar-refractivity contribution in [3.63, 3.8) is 0 Å². The normalized spacial score (nSPS) is 16.8. The van der Waals surface area contributed by atoms with Crippen molar-refractivity contribution >= 4 is 11.7 Å². The number of hydrogen-bond acceptors (Lipinski definition) is 5. The number of aromatic nitrogens is 3. The van der Waals surface area contributed by atoms with E-state index in [9.17, 15) is 22.4 Å². The molecule has 42 heavy (non-hydrogen) atoms. The van der Waals surface area contributed by atoms with E-state index in [4.69, 9.17) is 4.52 Å². The number of carbonyl (C=O) groups excluding carboxylic acids is 1. The first kappa shape index (κ1) is 28.1. The number of halogens is 4. The Hall–Kier alpha value is -4.08. The van der Waals surface area contributed by atoms with Gasteiger partial charge < -0.3 is 9.84 Å². The van der Waals surface area contributed by atoms with Crippen molar-refractivity contribution in [2.45, 2.75) is 75.3 Å². The van der Waals surface area contributed by atoms with Gasteiger partial charge in [0.15, 0.2) is 11.6 Å². The van der Waals surface area contributed by atoms with E-state index < -0.39 is 23.3 Å². The van der Waals surface area contributed by atoms with Crippen LogP contribution in [0.25, 0.3) is 11.1 Å². The van der Waals surface area contributed by atoms with Crippen molar-refractivity contribution in [1.82, 2.24) is 15.1 Å². The fraction of sp³-hybridized carbons (Fsp3) is 0.375. The molecule has 1 N–H and O–H groups in total. The van der Waals surface area contributed by atoms with E-state index in [1.54, 1.807) is 18.5 Å². The van der Waals surface area contributed by atoms with Gasteiger partial charge in [-0.05, 0) is 59.9 Å². The zero-order chi connectivity index (χ0) is 29.3. The van der Waals surface area contributed by atoms with Crippen LogP contribution in [0.4, 0.5) is 23.4 Å². The molecule has 6 nitrogen and oxygen atoms in total. The largest absolute Gasteiger partial charge is 0.401 e. The Bertz CT molecular complexity index is 1550. The highest BCUT2D eigenvalue weighted by Gasteiger charge is 2.66. The van der Waals surface area contributed by atoms with Gasteiger partial charge in [0, 0.05) is 30.4 Å². The van der Waals surface area contributed by atoms with Gasteiger partial charge in [-0.1, -0.05) is 60.8 Å². The minimum atomic E-state index is -4.45. The molecule has 0 atom stereocenters. The van der Waals surface area contributed by atoms with E-state index in [1.165, 1.54) is 49.8 Å². The fourth-order valence-electron chi connectivity index (χ4n) is 5.71. The van der Waals surface area contributed by atoms with Crippen LogP contribution < -0.4 is 5.32 Å².